The van der Waals surface area contributed by atoms with Crippen LogP contribution in [-0.4, -0.2) is 25.5 Å². The van der Waals surface area contributed by atoms with Crippen LogP contribution in [0.2, 0.25) is 0 Å². The van der Waals surface area contributed by atoms with Crippen LogP contribution in [0.4, 0.5) is 4.39 Å². The van der Waals surface area contributed by atoms with Crippen LogP contribution in [0.25, 0.3) is 0 Å². The predicted molar refractivity (Wildman–Crippen MR) is 70.2 cm³/mol. The standard InChI is InChI=1S/C13H16FNO4S/c1-8-7-9(14)5-6-12(8)20(18,19)15-11-4-2-3-10(11)13(16)17/h5-7,10-11,15H,2-4H2,1H3,(H,16,17). The van der Waals surface area contributed by atoms with Crippen LogP contribution in [0, 0.1) is 18.7 Å². The van der Waals surface area contributed by atoms with E-state index in [2.05, 4.69) is 4.72 Å². The van der Waals surface area contributed by atoms with E-state index in [1.165, 1.54) is 13.0 Å². The van der Waals surface area contributed by atoms with E-state index in [9.17, 15) is 17.6 Å². The van der Waals surface area contributed by atoms with E-state index in [-0.39, 0.29) is 4.90 Å². The second-order valence-corrected chi connectivity index (χ2v) is 6.70. The lowest BCUT2D eigenvalue weighted by atomic mass is 10.1. The van der Waals surface area contributed by atoms with Crippen molar-refractivity contribution < 1.29 is 22.7 Å². The molecular weight excluding hydrogens is 285 g/mol. The van der Waals surface area contributed by atoms with Gasteiger partial charge in [-0.1, -0.05) is 6.42 Å². The minimum absolute atomic E-state index is 0.0186. The van der Waals surface area contributed by atoms with Gasteiger partial charge < -0.3 is 5.11 Å². The smallest absolute Gasteiger partial charge is 0.308 e. The van der Waals surface area contributed by atoms with Crippen molar-refractivity contribution in [2.75, 3.05) is 0 Å². The summed E-state index contributed by atoms with van der Waals surface area (Å²) in [5.41, 5.74) is 0.294. The number of carboxylic acid groups (broad SMARTS) is 1. The van der Waals surface area contributed by atoms with Crippen LogP contribution < -0.4 is 4.72 Å². The normalized spacial score (nSPS) is 22.9. The third-order valence-corrected chi connectivity index (χ3v) is 5.22. The average molecular weight is 301 g/mol. The summed E-state index contributed by atoms with van der Waals surface area (Å²) in [5.74, 6) is -2.21. The van der Waals surface area contributed by atoms with Crippen molar-refractivity contribution in [1.82, 2.24) is 4.72 Å². The van der Waals surface area contributed by atoms with E-state index in [4.69, 9.17) is 5.11 Å². The highest BCUT2D eigenvalue weighted by Crippen LogP contribution is 2.28. The minimum atomic E-state index is -3.84. The van der Waals surface area contributed by atoms with Crippen molar-refractivity contribution in [1.29, 1.82) is 0 Å². The van der Waals surface area contributed by atoms with Gasteiger partial charge in [-0.15, -0.1) is 0 Å². The molecule has 1 aromatic rings. The Morgan fingerprint density at radius 1 is 1.40 bits per heavy atom. The molecule has 1 aliphatic carbocycles. The maximum atomic E-state index is 13.0. The average Bonchev–Trinajstić information content (AvgIpc) is 2.75. The second-order valence-electron chi connectivity index (χ2n) is 5.01. The Kier molecular flexibility index (Phi) is 4.10. The van der Waals surface area contributed by atoms with Gasteiger partial charge in [0.25, 0.3) is 0 Å². The number of hydrogen-bond donors (Lipinski definition) is 2. The zero-order valence-corrected chi connectivity index (χ0v) is 11.8. The fourth-order valence-electron chi connectivity index (χ4n) is 2.57. The highest BCUT2D eigenvalue weighted by Gasteiger charge is 2.36. The van der Waals surface area contributed by atoms with Gasteiger partial charge in [-0.2, -0.15) is 0 Å². The van der Waals surface area contributed by atoms with Gasteiger partial charge in [0, 0.05) is 6.04 Å². The zero-order valence-electron chi connectivity index (χ0n) is 11.0. The molecule has 2 N–H and O–H groups in total. The van der Waals surface area contributed by atoms with E-state index in [1.807, 2.05) is 0 Å². The highest BCUT2D eigenvalue weighted by atomic mass is 32.2. The number of carboxylic acids is 1. The molecule has 1 aliphatic rings. The van der Waals surface area contributed by atoms with Crippen molar-refractivity contribution >= 4 is 16.0 Å². The number of aryl methyl sites for hydroxylation is 1. The molecule has 0 spiro atoms. The van der Waals surface area contributed by atoms with Crippen LogP contribution in [0.15, 0.2) is 23.1 Å². The summed E-state index contributed by atoms with van der Waals surface area (Å²) < 4.78 is 40.0. The Balaban J connectivity index is 2.25. The SMILES string of the molecule is Cc1cc(F)ccc1S(=O)(=O)NC1CCCC1C(=O)O. The number of nitrogens with one attached hydrogen (secondary N) is 1. The van der Waals surface area contributed by atoms with Crippen molar-refractivity contribution in [2.45, 2.75) is 37.1 Å². The van der Waals surface area contributed by atoms with Crippen LogP contribution in [0.3, 0.4) is 0 Å². The Bertz CT molecular complexity index is 629. The third-order valence-electron chi connectivity index (χ3n) is 3.57. The number of sulfonamides is 1. The first kappa shape index (κ1) is 14.9. The first-order valence-electron chi connectivity index (χ1n) is 6.32. The molecule has 2 rings (SSSR count). The summed E-state index contributed by atoms with van der Waals surface area (Å²) in [5, 5.41) is 9.06. The summed E-state index contributed by atoms with van der Waals surface area (Å²) in [7, 11) is -3.84. The summed E-state index contributed by atoms with van der Waals surface area (Å²) in [6.45, 7) is 1.50. The molecule has 0 saturated heterocycles. The lowest BCUT2D eigenvalue weighted by molar-refractivity contribution is -0.141. The molecule has 1 saturated carbocycles. The number of rotatable bonds is 4. The number of hydrogen-bond acceptors (Lipinski definition) is 3. The van der Waals surface area contributed by atoms with Crippen molar-refractivity contribution in [2.24, 2.45) is 5.92 Å². The van der Waals surface area contributed by atoms with Gasteiger partial charge in [-0.05, 0) is 43.5 Å². The largest absolute Gasteiger partial charge is 0.481 e. The van der Waals surface area contributed by atoms with Crippen molar-refractivity contribution in [3.63, 3.8) is 0 Å². The molecule has 0 amide bonds. The van der Waals surface area contributed by atoms with Gasteiger partial charge in [0.05, 0.1) is 10.8 Å². The van der Waals surface area contributed by atoms with Gasteiger partial charge in [0.1, 0.15) is 5.82 Å². The molecular formula is C13H16FNO4S. The molecule has 0 radical (unpaired) electrons. The first-order valence-corrected chi connectivity index (χ1v) is 7.81. The lowest BCUT2D eigenvalue weighted by Gasteiger charge is -2.18. The maximum Gasteiger partial charge on any atom is 0.308 e. The maximum absolute atomic E-state index is 13.0. The molecule has 5 nitrogen and oxygen atoms in total. The molecule has 20 heavy (non-hydrogen) atoms. The molecule has 1 aromatic carbocycles. The first-order chi connectivity index (χ1) is 9.31. The molecule has 0 bridgehead atoms. The van der Waals surface area contributed by atoms with Gasteiger partial charge >= 0.3 is 5.97 Å². The summed E-state index contributed by atoms with van der Waals surface area (Å²) in [4.78, 5) is 11.0. The molecule has 1 fully saturated rings. The minimum Gasteiger partial charge on any atom is -0.481 e. The fraction of sp³-hybridized carbons (Fsp3) is 0.462. The van der Waals surface area contributed by atoms with Crippen LogP contribution in [-0.2, 0) is 14.8 Å². The van der Waals surface area contributed by atoms with Crippen LogP contribution in [0.5, 0.6) is 0 Å². The Morgan fingerprint density at radius 2 is 2.10 bits per heavy atom. The molecule has 0 aromatic heterocycles. The third kappa shape index (κ3) is 2.99. The Hall–Kier alpha value is -1.47. The second kappa shape index (κ2) is 5.49. The fourth-order valence-corrected chi connectivity index (χ4v) is 4.11. The van der Waals surface area contributed by atoms with E-state index < -0.39 is 33.8 Å². The topological polar surface area (TPSA) is 83.5 Å². The molecule has 0 aliphatic heterocycles. The van der Waals surface area contributed by atoms with E-state index in [1.54, 1.807) is 0 Å². The van der Waals surface area contributed by atoms with Crippen LogP contribution in [0.1, 0.15) is 24.8 Å². The quantitative estimate of drug-likeness (QED) is 0.886. The summed E-state index contributed by atoms with van der Waals surface area (Å²) >= 11 is 0. The number of carbonyl (C=O) groups is 1. The molecule has 0 heterocycles. The monoisotopic (exact) mass is 301 g/mol. The van der Waals surface area contributed by atoms with E-state index in [0.29, 0.717) is 24.8 Å². The van der Waals surface area contributed by atoms with Gasteiger partial charge in [0.2, 0.25) is 10.0 Å². The number of benzene rings is 1. The zero-order chi connectivity index (χ0) is 14.9. The van der Waals surface area contributed by atoms with Crippen molar-refractivity contribution in [3.8, 4) is 0 Å². The van der Waals surface area contributed by atoms with Gasteiger partial charge in [-0.25, -0.2) is 17.5 Å². The summed E-state index contributed by atoms with van der Waals surface area (Å²) in [6.07, 6.45) is 1.63. The van der Waals surface area contributed by atoms with Gasteiger partial charge in [0.15, 0.2) is 0 Å². The number of aliphatic carboxylic acids is 1. The van der Waals surface area contributed by atoms with Crippen molar-refractivity contribution in [3.05, 3.63) is 29.6 Å². The highest BCUT2D eigenvalue weighted by molar-refractivity contribution is 7.89. The molecule has 7 heteroatoms. The lowest BCUT2D eigenvalue weighted by Crippen LogP contribution is -2.40. The molecule has 110 valence electrons. The molecule has 2 unspecified atom stereocenters. The predicted octanol–water partition coefficient (Wildman–Crippen LogP) is 1.67. The summed E-state index contributed by atoms with van der Waals surface area (Å²) in [6, 6.07) is 2.79. The Morgan fingerprint density at radius 3 is 2.70 bits per heavy atom. The number of halogens is 1. The molecule has 2 atom stereocenters. The van der Waals surface area contributed by atoms with Gasteiger partial charge in [-0.3, -0.25) is 4.79 Å². The van der Waals surface area contributed by atoms with E-state index in [0.717, 1.165) is 12.1 Å². The van der Waals surface area contributed by atoms with Crippen LogP contribution >= 0.6 is 0 Å². The van der Waals surface area contributed by atoms with E-state index >= 15 is 0 Å². The Labute approximate surface area is 116 Å².